The van der Waals surface area contributed by atoms with Crippen molar-refractivity contribution in [1.82, 2.24) is 4.98 Å². The summed E-state index contributed by atoms with van der Waals surface area (Å²) >= 11 is 11.8. The SMILES string of the molecule is N#Cc1ccnc(Oc2cccc(Cl)c2)c1Cl. The third-order valence-electron chi connectivity index (χ3n) is 1.99. The van der Waals surface area contributed by atoms with E-state index >= 15 is 0 Å². The van der Waals surface area contributed by atoms with Crippen LogP contribution < -0.4 is 4.74 Å². The lowest BCUT2D eigenvalue weighted by molar-refractivity contribution is 0.463. The van der Waals surface area contributed by atoms with Gasteiger partial charge in [0.15, 0.2) is 0 Å². The van der Waals surface area contributed by atoms with E-state index in [0.717, 1.165) is 0 Å². The van der Waals surface area contributed by atoms with Gasteiger partial charge < -0.3 is 4.74 Å². The van der Waals surface area contributed by atoms with Crippen LogP contribution in [0.2, 0.25) is 10.0 Å². The number of benzene rings is 1. The number of hydrogen-bond donors (Lipinski definition) is 0. The van der Waals surface area contributed by atoms with Crippen LogP contribution in [0, 0.1) is 11.3 Å². The second-order valence-corrected chi connectivity index (χ2v) is 3.96. The summed E-state index contributed by atoms with van der Waals surface area (Å²) in [4.78, 5) is 3.96. The van der Waals surface area contributed by atoms with Gasteiger partial charge >= 0.3 is 0 Å². The van der Waals surface area contributed by atoms with E-state index in [1.54, 1.807) is 24.3 Å². The molecule has 1 heterocycles. The summed E-state index contributed by atoms with van der Waals surface area (Å²) in [5.74, 6) is 0.704. The number of hydrogen-bond acceptors (Lipinski definition) is 3. The van der Waals surface area contributed by atoms with Crippen LogP contribution in [0.3, 0.4) is 0 Å². The Balaban J connectivity index is 2.34. The van der Waals surface area contributed by atoms with Crippen LogP contribution in [0.4, 0.5) is 0 Å². The van der Waals surface area contributed by atoms with Crippen molar-refractivity contribution in [3.8, 4) is 17.7 Å². The van der Waals surface area contributed by atoms with Crippen LogP contribution in [0.5, 0.6) is 11.6 Å². The maximum atomic E-state index is 8.81. The maximum Gasteiger partial charge on any atom is 0.239 e. The van der Waals surface area contributed by atoms with Gasteiger partial charge in [0.25, 0.3) is 0 Å². The second kappa shape index (κ2) is 5.05. The van der Waals surface area contributed by atoms with Gasteiger partial charge in [0.2, 0.25) is 5.88 Å². The molecule has 2 rings (SSSR count). The van der Waals surface area contributed by atoms with Gasteiger partial charge in [0.05, 0.1) is 5.56 Å². The lowest BCUT2D eigenvalue weighted by atomic mass is 10.3. The molecule has 0 saturated heterocycles. The maximum absolute atomic E-state index is 8.81. The summed E-state index contributed by atoms with van der Waals surface area (Å²) in [7, 11) is 0. The molecule has 1 aromatic heterocycles. The fraction of sp³-hybridized carbons (Fsp3) is 0. The van der Waals surface area contributed by atoms with E-state index in [1.807, 2.05) is 6.07 Å². The van der Waals surface area contributed by atoms with Crippen molar-refractivity contribution in [3.05, 3.63) is 52.1 Å². The minimum Gasteiger partial charge on any atom is -0.437 e. The average molecular weight is 265 g/mol. The number of ether oxygens (including phenoxy) is 1. The largest absolute Gasteiger partial charge is 0.437 e. The summed E-state index contributed by atoms with van der Waals surface area (Å²) in [5.41, 5.74) is 0.318. The molecule has 0 spiro atoms. The second-order valence-electron chi connectivity index (χ2n) is 3.15. The van der Waals surface area contributed by atoms with E-state index in [4.69, 9.17) is 33.2 Å². The minimum atomic E-state index is 0.188. The number of aromatic nitrogens is 1. The van der Waals surface area contributed by atoms with Gasteiger partial charge in [-0.25, -0.2) is 4.98 Å². The van der Waals surface area contributed by atoms with Gasteiger partial charge in [-0.2, -0.15) is 5.26 Å². The van der Waals surface area contributed by atoms with Crippen LogP contribution in [0.25, 0.3) is 0 Å². The highest BCUT2D eigenvalue weighted by Crippen LogP contribution is 2.30. The smallest absolute Gasteiger partial charge is 0.239 e. The van der Waals surface area contributed by atoms with Crippen molar-refractivity contribution in [1.29, 1.82) is 5.26 Å². The van der Waals surface area contributed by atoms with E-state index < -0.39 is 0 Å². The molecule has 0 saturated carbocycles. The Morgan fingerprint density at radius 2 is 2.06 bits per heavy atom. The van der Waals surface area contributed by atoms with E-state index in [0.29, 0.717) is 16.3 Å². The minimum absolute atomic E-state index is 0.188. The molecule has 3 nitrogen and oxygen atoms in total. The number of rotatable bonds is 2. The zero-order valence-corrected chi connectivity index (χ0v) is 10.0. The lowest BCUT2D eigenvalue weighted by Crippen LogP contribution is -1.90. The van der Waals surface area contributed by atoms with Crippen LogP contribution in [-0.2, 0) is 0 Å². The topological polar surface area (TPSA) is 45.9 Å². The summed E-state index contributed by atoms with van der Waals surface area (Å²) < 4.78 is 5.45. The Bertz CT molecular complexity index is 593. The average Bonchev–Trinajstić information content (AvgIpc) is 2.32. The van der Waals surface area contributed by atoms with Crippen molar-refractivity contribution in [2.24, 2.45) is 0 Å². The molecular weight excluding hydrogens is 259 g/mol. The standard InChI is InChI=1S/C12H6Cl2N2O/c13-9-2-1-3-10(6-9)17-12-11(14)8(7-15)4-5-16-12/h1-6H. The van der Waals surface area contributed by atoms with Gasteiger partial charge in [-0.15, -0.1) is 0 Å². The molecule has 0 aliphatic rings. The molecule has 0 atom stereocenters. The van der Waals surface area contributed by atoms with Gasteiger partial charge in [0.1, 0.15) is 16.8 Å². The molecule has 1 aromatic carbocycles. The Morgan fingerprint density at radius 1 is 1.24 bits per heavy atom. The van der Waals surface area contributed by atoms with Crippen molar-refractivity contribution >= 4 is 23.2 Å². The van der Waals surface area contributed by atoms with Crippen LogP contribution in [0.15, 0.2) is 36.5 Å². The predicted molar refractivity (Wildman–Crippen MR) is 65.5 cm³/mol. The predicted octanol–water partition coefficient (Wildman–Crippen LogP) is 4.05. The number of pyridine rings is 1. The third kappa shape index (κ3) is 2.68. The number of nitriles is 1. The summed E-state index contributed by atoms with van der Waals surface area (Å²) in [6, 6.07) is 10.3. The highest BCUT2D eigenvalue weighted by molar-refractivity contribution is 6.33. The Kier molecular flexibility index (Phi) is 3.48. The first-order valence-corrected chi connectivity index (χ1v) is 5.44. The van der Waals surface area contributed by atoms with Crippen molar-refractivity contribution < 1.29 is 4.74 Å². The van der Waals surface area contributed by atoms with E-state index in [1.165, 1.54) is 12.3 Å². The normalized spacial score (nSPS) is 9.71. The first kappa shape index (κ1) is 11.7. The fourth-order valence-corrected chi connectivity index (χ4v) is 1.60. The first-order chi connectivity index (χ1) is 8.20. The molecule has 0 unspecified atom stereocenters. The molecular formula is C12H6Cl2N2O. The fourth-order valence-electron chi connectivity index (χ4n) is 1.22. The molecule has 0 aliphatic carbocycles. The Morgan fingerprint density at radius 3 is 2.76 bits per heavy atom. The Hall–Kier alpha value is -1.76. The van der Waals surface area contributed by atoms with Crippen LogP contribution in [0.1, 0.15) is 5.56 Å². The molecule has 0 bridgehead atoms. The van der Waals surface area contributed by atoms with Gasteiger partial charge in [0, 0.05) is 11.2 Å². The van der Waals surface area contributed by atoms with Gasteiger partial charge in [-0.05, 0) is 24.3 Å². The van der Waals surface area contributed by atoms with Gasteiger partial charge in [-0.3, -0.25) is 0 Å². The highest BCUT2D eigenvalue weighted by Gasteiger charge is 2.09. The summed E-state index contributed by atoms with van der Waals surface area (Å²) in [6.07, 6.45) is 1.46. The molecule has 0 N–H and O–H groups in total. The Labute approximate surface area is 108 Å². The van der Waals surface area contributed by atoms with Crippen LogP contribution >= 0.6 is 23.2 Å². The van der Waals surface area contributed by atoms with Crippen LogP contribution in [-0.4, -0.2) is 4.98 Å². The van der Waals surface area contributed by atoms with Gasteiger partial charge in [-0.1, -0.05) is 29.3 Å². The van der Waals surface area contributed by atoms with E-state index in [-0.39, 0.29) is 10.9 Å². The van der Waals surface area contributed by atoms with Crippen molar-refractivity contribution in [2.75, 3.05) is 0 Å². The molecule has 84 valence electrons. The summed E-state index contributed by atoms with van der Waals surface area (Å²) in [6.45, 7) is 0. The van der Waals surface area contributed by atoms with E-state index in [2.05, 4.69) is 4.98 Å². The zero-order chi connectivity index (χ0) is 12.3. The molecule has 0 radical (unpaired) electrons. The molecule has 0 fully saturated rings. The molecule has 0 aliphatic heterocycles. The van der Waals surface area contributed by atoms with E-state index in [9.17, 15) is 0 Å². The monoisotopic (exact) mass is 264 g/mol. The molecule has 0 amide bonds. The van der Waals surface area contributed by atoms with Crippen molar-refractivity contribution in [3.63, 3.8) is 0 Å². The number of nitrogens with zero attached hydrogens (tertiary/aromatic N) is 2. The number of halogens is 2. The third-order valence-corrected chi connectivity index (χ3v) is 2.59. The quantitative estimate of drug-likeness (QED) is 0.822. The molecule has 17 heavy (non-hydrogen) atoms. The first-order valence-electron chi connectivity index (χ1n) is 4.69. The molecule has 5 heteroatoms. The lowest BCUT2D eigenvalue weighted by Gasteiger charge is -2.06. The molecule has 2 aromatic rings. The highest BCUT2D eigenvalue weighted by atomic mass is 35.5. The summed E-state index contributed by atoms with van der Waals surface area (Å²) in [5, 5.41) is 9.55. The zero-order valence-electron chi connectivity index (χ0n) is 8.52. The van der Waals surface area contributed by atoms with Crippen molar-refractivity contribution in [2.45, 2.75) is 0 Å².